The summed E-state index contributed by atoms with van der Waals surface area (Å²) in [5, 5.41) is 2.59. The molecular weight excluding hydrogens is 166 g/mol. The molecular formula is C7H14ClNO2. The second-order valence-electron chi connectivity index (χ2n) is 2.40. The maximum Gasteiger partial charge on any atom is 0.235 e. The van der Waals surface area contributed by atoms with E-state index in [4.69, 9.17) is 16.3 Å². The van der Waals surface area contributed by atoms with Crippen LogP contribution in [0.2, 0.25) is 0 Å². The number of alkyl halides is 1. The van der Waals surface area contributed by atoms with Crippen LogP contribution in [0.25, 0.3) is 0 Å². The molecule has 11 heavy (non-hydrogen) atoms. The minimum Gasteiger partial charge on any atom is -0.377 e. The van der Waals surface area contributed by atoms with Crippen molar-refractivity contribution in [2.75, 3.05) is 19.0 Å². The Morgan fingerprint density at radius 1 is 1.64 bits per heavy atom. The Labute approximate surface area is 72.1 Å². The third-order valence-electron chi connectivity index (χ3n) is 0.997. The SMILES string of the molecule is CC(C)OCCNC(=O)CCl. The Morgan fingerprint density at radius 2 is 2.27 bits per heavy atom. The quantitative estimate of drug-likeness (QED) is 0.500. The first-order valence-corrected chi connectivity index (χ1v) is 4.14. The van der Waals surface area contributed by atoms with Gasteiger partial charge in [0.2, 0.25) is 5.91 Å². The van der Waals surface area contributed by atoms with Gasteiger partial charge in [-0.05, 0) is 13.8 Å². The lowest BCUT2D eigenvalue weighted by Gasteiger charge is -2.07. The highest BCUT2D eigenvalue weighted by Crippen LogP contribution is 1.84. The van der Waals surface area contributed by atoms with Gasteiger partial charge >= 0.3 is 0 Å². The lowest BCUT2D eigenvalue weighted by atomic mass is 10.5. The number of ether oxygens (including phenoxy) is 1. The van der Waals surface area contributed by atoms with Crippen LogP contribution in [0, 0.1) is 0 Å². The van der Waals surface area contributed by atoms with Gasteiger partial charge in [-0.15, -0.1) is 11.6 Å². The Hall–Kier alpha value is -0.280. The van der Waals surface area contributed by atoms with Crippen molar-refractivity contribution in [2.45, 2.75) is 20.0 Å². The average Bonchev–Trinajstić information content (AvgIpc) is 1.97. The van der Waals surface area contributed by atoms with Crippen molar-refractivity contribution in [3.05, 3.63) is 0 Å². The van der Waals surface area contributed by atoms with Gasteiger partial charge in [-0.3, -0.25) is 4.79 Å². The highest BCUT2D eigenvalue weighted by Gasteiger charge is 1.96. The van der Waals surface area contributed by atoms with Gasteiger partial charge in [-0.25, -0.2) is 0 Å². The molecule has 0 heterocycles. The van der Waals surface area contributed by atoms with Crippen molar-refractivity contribution < 1.29 is 9.53 Å². The predicted molar refractivity (Wildman–Crippen MR) is 44.8 cm³/mol. The van der Waals surface area contributed by atoms with Crippen LogP contribution in [0.5, 0.6) is 0 Å². The standard InChI is InChI=1S/C7H14ClNO2/c1-6(2)11-4-3-9-7(10)5-8/h6H,3-5H2,1-2H3,(H,9,10). The topological polar surface area (TPSA) is 38.3 Å². The first-order valence-electron chi connectivity index (χ1n) is 3.61. The monoisotopic (exact) mass is 179 g/mol. The lowest BCUT2D eigenvalue weighted by molar-refractivity contribution is -0.119. The fourth-order valence-corrected chi connectivity index (χ4v) is 0.627. The Bertz CT molecular complexity index is 117. The largest absolute Gasteiger partial charge is 0.377 e. The van der Waals surface area contributed by atoms with Gasteiger partial charge in [0.1, 0.15) is 5.88 Å². The first-order chi connectivity index (χ1) is 5.16. The number of carbonyl (C=O) groups is 1. The van der Waals surface area contributed by atoms with Gasteiger partial charge in [-0.1, -0.05) is 0 Å². The van der Waals surface area contributed by atoms with Gasteiger partial charge in [0.25, 0.3) is 0 Å². The second kappa shape index (κ2) is 6.43. The van der Waals surface area contributed by atoms with E-state index in [-0.39, 0.29) is 17.9 Å². The van der Waals surface area contributed by atoms with Crippen LogP contribution in [-0.4, -0.2) is 31.0 Å². The van der Waals surface area contributed by atoms with Gasteiger partial charge in [0, 0.05) is 6.54 Å². The summed E-state index contributed by atoms with van der Waals surface area (Å²) in [7, 11) is 0. The highest BCUT2D eigenvalue weighted by molar-refractivity contribution is 6.27. The number of hydrogen-bond acceptors (Lipinski definition) is 2. The molecule has 0 aliphatic carbocycles. The van der Waals surface area contributed by atoms with Crippen molar-refractivity contribution in [3.8, 4) is 0 Å². The minimum absolute atomic E-state index is 0.0156. The molecule has 4 heteroatoms. The number of carbonyl (C=O) groups excluding carboxylic acids is 1. The van der Waals surface area contributed by atoms with E-state index in [2.05, 4.69) is 5.32 Å². The molecule has 0 saturated carbocycles. The highest BCUT2D eigenvalue weighted by atomic mass is 35.5. The maximum atomic E-state index is 10.6. The molecule has 0 saturated heterocycles. The average molecular weight is 180 g/mol. The number of hydrogen-bond donors (Lipinski definition) is 1. The molecule has 0 aliphatic heterocycles. The van der Waals surface area contributed by atoms with Crippen LogP contribution >= 0.6 is 11.6 Å². The van der Waals surface area contributed by atoms with Gasteiger partial charge < -0.3 is 10.1 Å². The molecule has 1 amide bonds. The zero-order valence-corrected chi connectivity index (χ0v) is 7.65. The van der Waals surface area contributed by atoms with Crippen LogP contribution in [0.1, 0.15) is 13.8 Å². The molecule has 0 bridgehead atoms. The van der Waals surface area contributed by atoms with Crippen LogP contribution in [0.3, 0.4) is 0 Å². The van der Waals surface area contributed by atoms with E-state index in [0.717, 1.165) is 0 Å². The molecule has 0 aromatic rings. The minimum atomic E-state index is -0.154. The second-order valence-corrected chi connectivity index (χ2v) is 2.67. The predicted octanol–water partition coefficient (Wildman–Crippen LogP) is 0.766. The molecule has 0 atom stereocenters. The number of rotatable bonds is 5. The number of halogens is 1. The lowest BCUT2D eigenvalue weighted by Crippen LogP contribution is -2.28. The van der Waals surface area contributed by atoms with Gasteiger partial charge in [-0.2, -0.15) is 0 Å². The van der Waals surface area contributed by atoms with Crippen LogP contribution in [0.4, 0.5) is 0 Å². The third kappa shape index (κ3) is 7.62. The summed E-state index contributed by atoms with van der Waals surface area (Å²) < 4.78 is 5.18. The first kappa shape index (κ1) is 10.7. The molecule has 0 aromatic heterocycles. The summed E-state index contributed by atoms with van der Waals surface area (Å²) in [4.78, 5) is 10.6. The molecule has 0 spiro atoms. The van der Waals surface area contributed by atoms with E-state index < -0.39 is 0 Å². The normalized spacial score (nSPS) is 10.2. The summed E-state index contributed by atoms with van der Waals surface area (Å²) >= 11 is 5.24. The molecule has 0 unspecified atom stereocenters. The van der Waals surface area contributed by atoms with Crippen molar-refractivity contribution in [2.24, 2.45) is 0 Å². The molecule has 0 aromatic carbocycles. The summed E-state index contributed by atoms with van der Waals surface area (Å²) in [6, 6.07) is 0. The molecule has 0 fully saturated rings. The van der Waals surface area contributed by atoms with Gasteiger partial charge in [0.05, 0.1) is 12.7 Å². The van der Waals surface area contributed by atoms with Crippen LogP contribution < -0.4 is 5.32 Å². The summed E-state index contributed by atoms with van der Waals surface area (Å²) in [5.41, 5.74) is 0. The molecule has 0 aliphatic rings. The molecule has 3 nitrogen and oxygen atoms in total. The molecule has 1 N–H and O–H groups in total. The Balaban J connectivity index is 3.08. The maximum absolute atomic E-state index is 10.6. The number of nitrogens with one attached hydrogen (secondary N) is 1. The van der Waals surface area contributed by atoms with E-state index in [0.29, 0.717) is 13.2 Å². The zero-order chi connectivity index (χ0) is 8.69. The fraction of sp³-hybridized carbons (Fsp3) is 0.857. The van der Waals surface area contributed by atoms with E-state index in [1.54, 1.807) is 0 Å². The van der Waals surface area contributed by atoms with Crippen LogP contribution in [-0.2, 0) is 9.53 Å². The van der Waals surface area contributed by atoms with E-state index >= 15 is 0 Å². The van der Waals surface area contributed by atoms with E-state index in [9.17, 15) is 4.79 Å². The number of amides is 1. The van der Waals surface area contributed by atoms with Crippen molar-refractivity contribution in [3.63, 3.8) is 0 Å². The Morgan fingerprint density at radius 3 is 2.73 bits per heavy atom. The van der Waals surface area contributed by atoms with Gasteiger partial charge in [0.15, 0.2) is 0 Å². The summed E-state index contributed by atoms with van der Waals surface area (Å²) in [6.45, 7) is 4.97. The van der Waals surface area contributed by atoms with Crippen LogP contribution in [0.15, 0.2) is 0 Å². The van der Waals surface area contributed by atoms with E-state index in [1.165, 1.54) is 0 Å². The molecule has 0 radical (unpaired) electrons. The summed E-state index contributed by atoms with van der Waals surface area (Å²) in [5.74, 6) is -0.138. The van der Waals surface area contributed by atoms with Crippen molar-refractivity contribution >= 4 is 17.5 Å². The molecule has 0 rings (SSSR count). The van der Waals surface area contributed by atoms with E-state index in [1.807, 2.05) is 13.8 Å². The summed E-state index contributed by atoms with van der Waals surface area (Å²) in [6.07, 6.45) is 0.211. The smallest absolute Gasteiger partial charge is 0.235 e. The third-order valence-corrected chi connectivity index (χ3v) is 1.24. The molecule has 66 valence electrons. The fourth-order valence-electron chi connectivity index (χ4n) is 0.532. The zero-order valence-electron chi connectivity index (χ0n) is 6.89. The van der Waals surface area contributed by atoms with Crippen molar-refractivity contribution in [1.82, 2.24) is 5.32 Å². The van der Waals surface area contributed by atoms with Crippen molar-refractivity contribution in [1.29, 1.82) is 0 Å². The Kier molecular flexibility index (Phi) is 6.27.